The van der Waals surface area contributed by atoms with Crippen molar-refractivity contribution < 1.29 is 33.4 Å². The van der Waals surface area contributed by atoms with E-state index in [4.69, 9.17) is 23.7 Å². The molecule has 1 amide bonds. The van der Waals surface area contributed by atoms with E-state index in [9.17, 15) is 14.9 Å². The maximum atomic E-state index is 12.7. The zero-order chi connectivity index (χ0) is 20.8. The number of rotatable bonds is 8. The quantitative estimate of drug-likeness (QED) is 0.538. The topological polar surface area (TPSA) is 118 Å². The van der Waals surface area contributed by atoms with Crippen molar-refractivity contribution in [3.8, 4) is 28.7 Å². The molecule has 2 aromatic carbocycles. The van der Waals surface area contributed by atoms with E-state index in [0.29, 0.717) is 22.9 Å². The van der Waals surface area contributed by atoms with E-state index in [1.54, 1.807) is 0 Å². The number of carbonyl (C=O) groups excluding carboxylic acids is 1. The van der Waals surface area contributed by atoms with Crippen molar-refractivity contribution in [3.63, 3.8) is 0 Å². The van der Waals surface area contributed by atoms with E-state index < -0.39 is 16.5 Å². The van der Waals surface area contributed by atoms with Gasteiger partial charge in [0.2, 0.25) is 5.75 Å². The number of hydrogen-bond acceptors (Lipinski definition) is 8. The SMILES string of the molecule is COc1cc(C(=O)Nc2cc(OC)c(OC)c(OC)c2)c([N+](=O)[O-])cc1OC. The lowest BCUT2D eigenvalue weighted by atomic mass is 10.1. The summed E-state index contributed by atoms with van der Waals surface area (Å²) in [5.74, 6) is 0.585. The number of nitrogens with one attached hydrogen (secondary N) is 1. The predicted octanol–water partition coefficient (Wildman–Crippen LogP) is 2.89. The third-order valence-electron chi connectivity index (χ3n) is 3.87. The highest BCUT2D eigenvalue weighted by molar-refractivity contribution is 6.07. The summed E-state index contributed by atoms with van der Waals surface area (Å²) in [5.41, 5.74) is -0.331. The molecule has 0 aliphatic heterocycles. The molecule has 10 heteroatoms. The first-order valence-corrected chi connectivity index (χ1v) is 7.91. The minimum Gasteiger partial charge on any atom is -0.493 e. The van der Waals surface area contributed by atoms with Gasteiger partial charge in [0.1, 0.15) is 5.56 Å². The number of amides is 1. The number of nitro groups is 1. The molecule has 1 N–H and O–H groups in total. The van der Waals surface area contributed by atoms with Crippen LogP contribution in [-0.2, 0) is 0 Å². The van der Waals surface area contributed by atoms with Gasteiger partial charge in [-0.3, -0.25) is 14.9 Å². The van der Waals surface area contributed by atoms with E-state index >= 15 is 0 Å². The molecule has 150 valence electrons. The highest BCUT2D eigenvalue weighted by Gasteiger charge is 2.25. The van der Waals surface area contributed by atoms with Crippen LogP contribution in [0.5, 0.6) is 28.7 Å². The van der Waals surface area contributed by atoms with E-state index in [2.05, 4.69) is 5.32 Å². The average Bonchev–Trinajstić information content (AvgIpc) is 2.71. The van der Waals surface area contributed by atoms with E-state index in [0.717, 1.165) is 6.07 Å². The van der Waals surface area contributed by atoms with Crippen LogP contribution < -0.4 is 29.0 Å². The molecule has 28 heavy (non-hydrogen) atoms. The average molecular weight is 392 g/mol. The van der Waals surface area contributed by atoms with E-state index in [1.807, 2.05) is 0 Å². The van der Waals surface area contributed by atoms with Crippen LogP contribution in [0.3, 0.4) is 0 Å². The van der Waals surface area contributed by atoms with Crippen LogP contribution in [0.1, 0.15) is 10.4 Å². The number of carbonyl (C=O) groups is 1. The summed E-state index contributed by atoms with van der Waals surface area (Å²) in [6.45, 7) is 0. The van der Waals surface area contributed by atoms with Gasteiger partial charge in [0, 0.05) is 23.9 Å². The minimum atomic E-state index is -0.720. The Bertz CT molecular complexity index is 872. The molecule has 0 aliphatic carbocycles. The number of methoxy groups -OCH3 is 5. The standard InChI is InChI=1S/C18H20N2O8/c1-24-13-8-11(12(20(22)23)9-14(13)25-2)18(21)19-10-6-15(26-3)17(28-5)16(7-10)27-4/h6-9H,1-5H3,(H,19,21). The fraction of sp³-hybridized carbons (Fsp3) is 0.278. The maximum absolute atomic E-state index is 12.7. The van der Waals surface area contributed by atoms with Gasteiger partial charge < -0.3 is 29.0 Å². The van der Waals surface area contributed by atoms with Crippen molar-refractivity contribution in [1.82, 2.24) is 0 Å². The number of benzene rings is 2. The predicted molar refractivity (Wildman–Crippen MR) is 100 cm³/mol. The number of anilines is 1. The van der Waals surface area contributed by atoms with Crippen LogP contribution in [0.2, 0.25) is 0 Å². The van der Waals surface area contributed by atoms with E-state index in [1.165, 1.54) is 53.7 Å². The third kappa shape index (κ3) is 4.00. The van der Waals surface area contributed by atoms with Gasteiger partial charge in [0.05, 0.1) is 46.5 Å². The molecule has 0 aromatic heterocycles. The van der Waals surface area contributed by atoms with Gasteiger partial charge in [0.25, 0.3) is 11.6 Å². The Balaban J connectivity index is 2.49. The zero-order valence-electron chi connectivity index (χ0n) is 16.0. The van der Waals surface area contributed by atoms with Gasteiger partial charge in [-0.15, -0.1) is 0 Å². The molecule has 0 spiro atoms. The van der Waals surface area contributed by atoms with Crippen LogP contribution in [0.25, 0.3) is 0 Å². The molecule has 0 bridgehead atoms. The van der Waals surface area contributed by atoms with Gasteiger partial charge >= 0.3 is 0 Å². The summed E-state index contributed by atoms with van der Waals surface area (Å²) in [4.78, 5) is 23.5. The molecule has 0 fully saturated rings. The molecule has 0 atom stereocenters. The third-order valence-corrected chi connectivity index (χ3v) is 3.87. The van der Waals surface area contributed by atoms with Crippen LogP contribution >= 0.6 is 0 Å². The first-order chi connectivity index (χ1) is 13.4. The number of hydrogen-bond donors (Lipinski definition) is 1. The molecule has 0 unspecified atom stereocenters. The van der Waals surface area contributed by atoms with Gasteiger partial charge in [-0.25, -0.2) is 0 Å². The number of ether oxygens (including phenoxy) is 5. The van der Waals surface area contributed by atoms with Crippen molar-refractivity contribution in [2.45, 2.75) is 0 Å². The Hall–Kier alpha value is -3.69. The summed E-state index contributed by atoms with van der Waals surface area (Å²) >= 11 is 0. The zero-order valence-corrected chi connectivity index (χ0v) is 16.0. The van der Waals surface area contributed by atoms with Crippen molar-refractivity contribution in [3.05, 3.63) is 39.9 Å². The van der Waals surface area contributed by atoms with Gasteiger partial charge in [-0.05, 0) is 0 Å². The Morgan fingerprint density at radius 1 is 0.821 bits per heavy atom. The Labute approximate surface area is 161 Å². The fourth-order valence-electron chi connectivity index (χ4n) is 2.55. The molecular weight excluding hydrogens is 372 g/mol. The molecule has 0 aliphatic rings. The molecule has 10 nitrogen and oxygen atoms in total. The first kappa shape index (κ1) is 20.6. The summed E-state index contributed by atoms with van der Waals surface area (Å²) < 4.78 is 25.9. The lowest BCUT2D eigenvalue weighted by Crippen LogP contribution is -2.15. The summed E-state index contributed by atoms with van der Waals surface area (Å²) in [6, 6.07) is 5.38. The lowest BCUT2D eigenvalue weighted by molar-refractivity contribution is -0.385. The monoisotopic (exact) mass is 392 g/mol. The summed E-state index contributed by atoms with van der Waals surface area (Å²) in [6.07, 6.45) is 0. The fourth-order valence-corrected chi connectivity index (χ4v) is 2.55. The van der Waals surface area contributed by atoms with Gasteiger partial charge in [-0.1, -0.05) is 0 Å². The largest absolute Gasteiger partial charge is 0.493 e. The summed E-state index contributed by atoms with van der Waals surface area (Å²) in [5, 5.41) is 14.0. The summed E-state index contributed by atoms with van der Waals surface area (Å²) in [7, 11) is 7.03. The highest BCUT2D eigenvalue weighted by Crippen LogP contribution is 2.40. The minimum absolute atomic E-state index is 0.138. The first-order valence-electron chi connectivity index (χ1n) is 7.91. The molecule has 0 heterocycles. The smallest absolute Gasteiger partial charge is 0.286 e. The maximum Gasteiger partial charge on any atom is 0.286 e. The normalized spacial score (nSPS) is 10.0. The van der Waals surface area contributed by atoms with Crippen molar-refractivity contribution in [1.29, 1.82) is 0 Å². The second-order valence-electron chi connectivity index (χ2n) is 5.35. The molecule has 2 rings (SSSR count). The van der Waals surface area contributed by atoms with Crippen molar-refractivity contribution in [2.24, 2.45) is 0 Å². The van der Waals surface area contributed by atoms with Crippen LogP contribution in [0.15, 0.2) is 24.3 Å². The second kappa shape index (κ2) is 8.80. The van der Waals surface area contributed by atoms with Gasteiger partial charge in [-0.2, -0.15) is 0 Å². The van der Waals surface area contributed by atoms with Crippen LogP contribution in [0, 0.1) is 10.1 Å². The van der Waals surface area contributed by atoms with Crippen LogP contribution in [0.4, 0.5) is 11.4 Å². The van der Waals surface area contributed by atoms with Crippen LogP contribution in [-0.4, -0.2) is 46.4 Å². The number of nitrogens with zero attached hydrogens (tertiary/aromatic N) is 1. The lowest BCUT2D eigenvalue weighted by Gasteiger charge is -2.15. The van der Waals surface area contributed by atoms with E-state index in [-0.39, 0.29) is 17.1 Å². The second-order valence-corrected chi connectivity index (χ2v) is 5.35. The molecule has 0 radical (unpaired) electrons. The van der Waals surface area contributed by atoms with Crippen molar-refractivity contribution in [2.75, 3.05) is 40.9 Å². The molecular formula is C18H20N2O8. The Morgan fingerprint density at radius 3 is 1.75 bits per heavy atom. The molecule has 2 aromatic rings. The highest BCUT2D eigenvalue weighted by atomic mass is 16.6. The van der Waals surface area contributed by atoms with Crippen molar-refractivity contribution >= 4 is 17.3 Å². The van der Waals surface area contributed by atoms with Gasteiger partial charge in [0.15, 0.2) is 23.0 Å². The Morgan fingerprint density at radius 2 is 1.32 bits per heavy atom. The number of nitro benzene ring substituents is 1. The Kier molecular flexibility index (Phi) is 6.48. The molecule has 0 saturated carbocycles. The molecule has 0 saturated heterocycles.